The van der Waals surface area contributed by atoms with E-state index in [1.54, 1.807) is 0 Å². The van der Waals surface area contributed by atoms with Crippen molar-refractivity contribution in [3.8, 4) is 55.6 Å². The lowest BCUT2D eigenvalue weighted by Gasteiger charge is -2.33. The smallest absolute Gasteiger partial charge is 0.0722 e. The van der Waals surface area contributed by atoms with Gasteiger partial charge in [0.1, 0.15) is 0 Å². The van der Waals surface area contributed by atoms with Gasteiger partial charge < -0.3 is 0 Å². The highest BCUT2D eigenvalue weighted by atomic mass is 14.5. The molecule has 21 rings (SSSR count). The largest absolute Gasteiger partial charge is 0.0763 e. The van der Waals surface area contributed by atoms with Gasteiger partial charge in [-0.25, -0.2) is 0 Å². The minimum atomic E-state index is -0.374. The first-order valence-corrected chi connectivity index (χ1v) is 34.6. The summed E-state index contributed by atoms with van der Waals surface area (Å²) in [5.41, 5.74) is 26.5. The van der Waals surface area contributed by atoms with Gasteiger partial charge in [-0.3, -0.25) is 0 Å². The van der Waals surface area contributed by atoms with Crippen LogP contribution in [0.2, 0.25) is 0 Å². The van der Waals surface area contributed by atoms with Crippen LogP contribution >= 0.6 is 0 Å². The van der Waals surface area contributed by atoms with Crippen LogP contribution in [-0.4, -0.2) is 0 Å². The zero-order chi connectivity index (χ0) is 63.5. The molecule has 0 amide bonds. The number of hydrogen-bond donors (Lipinski definition) is 0. The molecule has 0 atom stereocenters. The van der Waals surface area contributed by atoms with E-state index in [0.29, 0.717) is 0 Å². The van der Waals surface area contributed by atoms with Gasteiger partial charge in [0, 0.05) is 0 Å². The van der Waals surface area contributed by atoms with Gasteiger partial charge in [-0.1, -0.05) is 309 Å². The van der Waals surface area contributed by atoms with E-state index in [2.05, 4.69) is 328 Å². The van der Waals surface area contributed by atoms with Crippen molar-refractivity contribution >= 4 is 109 Å². The molecule has 97 heavy (non-hydrogen) atoms. The number of rotatable bonds is 6. The highest BCUT2D eigenvalue weighted by Gasteiger charge is 2.52. The molecule has 0 heterocycles. The standard InChI is InChI=1S/C97H62/c1-2-21-61(22-3-1)93-67-26-6-4-23-64(67)56-87-71-37-19-35-69(73(71)51-53-84(87)93)70-36-20-38-72-74(70)52-54-85-88(72)57-65-24-5-7-27-68(65)94(85)62-46-43-59(44-47-62)63-48-45-60-25-18-39-83(86(60)55-63)96-81-33-10-8-31-79(81)95(80-32-9-11-34-82(80)96)66-49-50-78-77-30-14-17-42-91(77)97(92(78)58-66)89-40-15-12-28-75(89)76-29-13-16-41-90(76)97/h1-17,19-38,40-48,51-58H,18,39,49-50H2. The van der Waals surface area contributed by atoms with E-state index < -0.39 is 0 Å². The maximum absolute atomic E-state index is 2.65. The summed E-state index contributed by atoms with van der Waals surface area (Å²) in [5.74, 6) is 0. The molecule has 0 nitrogen and oxygen atoms in total. The number of fused-ring (bicyclic) bond motifs is 20. The van der Waals surface area contributed by atoms with Crippen molar-refractivity contribution in [1.29, 1.82) is 0 Å². The lowest BCUT2D eigenvalue weighted by Crippen LogP contribution is -2.30. The van der Waals surface area contributed by atoms with Crippen molar-refractivity contribution in [2.75, 3.05) is 0 Å². The summed E-state index contributed by atoms with van der Waals surface area (Å²) in [7, 11) is 0. The van der Waals surface area contributed by atoms with Crippen LogP contribution in [0.1, 0.15) is 59.1 Å². The van der Waals surface area contributed by atoms with E-state index in [-0.39, 0.29) is 5.41 Å². The van der Waals surface area contributed by atoms with Crippen molar-refractivity contribution in [1.82, 2.24) is 0 Å². The molecule has 4 aliphatic rings. The summed E-state index contributed by atoms with van der Waals surface area (Å²) in [6.07, 6.45) is 9.05. The number of hydrogen-bond acceptors (Lipinski definition) is 0. The minimum absolute atomic E-state index is 0.374. The molecule has 1 spiro atoms. The van der Waals surface area contributed by atoms with E-state index >= 15 is 0 Å². The molecule has 0 unspecified atom stereocenters. The monoisotopic (exact) mass is 1230 g/mol. The topological polar surface area (TPSA) is 0 Å². The normalized spacial score (nSPS) is 14.4. The summed E-state index contributed by atoms with van der Waals surface area (Å²) >= 11 is 0. The van der Waals surface area contributed by atoms with Gasteiger partial charge >= 0.3 is 0 Å². The predicted octanol–water partition coefficient (Wildman–Crippen LogP) is 24.3. The van der Waals surface area contributed by atoms with Crippen LogP contribution in [-0.2, 0) is 5.41 Å². The number of allylic oxidation sites excluding steroid dienone is 4. The summed E-state index contributed by atoms with van der Waals surface area (Å²) in [4.78, 5) is 0. The first kappa shape index (κ1) is 54.4. The zero-order valence-electron chi connectivity index (χ0n) is 53.5. The predicted molar refractivity (Wildman–Crippen MR) is 412 cm³/mol. The molecule has 0 radical (unpaired) electrons. The van der Waals surface area contributed by atoms with Gasteiger partial charge in [-0.15, -0.1) is 0 Å². The van der Waals surface area contributed by atoms with Crippen LogP contribution in [0.25, 0.3) is 165 Å². The van der Waals surface area contributed by atoms with Gasteiger partial charge in [0.15, 0.2) is 0 Å². The molecule has 0 bridgehead atoms. The second kappa shape index (κ2) is 21.0. The molecular formula is C97H62. The van der Waals surface area contributed by atoms with Crippen LogP contribution < -0.4 is 10.4 Å². The Balaban J connectivity index is 0.679. The van der Waals surface area contributed by atoms with E-state index in [4.69, 9.17) is 0 Å². The summed E-state index contributed by atoms with van der Waals surface area (Å²) in [6.45, 7) is 0. The lowest BCUT2D eigenvalue weighted by atomic mass is 9.68. The number of benzene rings is 17. The van der Waals surface area contributed by atoms with Crippen molar-refractivity contribution in [2.24, 2.45) is 0 Å². The first-order valence-electron chi connectivity index (χ1n) is 34.6. The Morgan fingerprint density at radius 1 is 0.237 bits per heavy atom. The molecule has 0 saturated heterocycles. The zero-order valence-corrected chi connectivity index (χ0v) is 53.5. The fourth-order valence-corrected chi connectivity index (χ4v) is 18.7. The highest BCUT2D eigenvalue weighted by molar-refractivity contribution is 6.25. The second-order valence-corrected chi connectivity index (χ2v) is 27.3. The van der Waals surface area contributed by atoms with Crippen LogP contribution in [0.15, 0.2) is 327 Å². The van der Waals surface area contributed by atoms with E-state index in [9.17, 15) is 0 Å². The molecule has 450 valence electrons. The second-order valence-electron chi connectivity index (χ2n) is 27.3. The Morgan fingerprint density at radius 2 is 0.670 bits per heavy atom. The third-order valence-electron chi connectivity index (χ3n) is 22.7. The van der Waals surface area contributed by atoms with Crippen molar-refractivity contribution in [2.45, 2.75) is 31.1 Å². The van der Waals surface area contributed by atoms with E-state index in [0.717, 1.165) is 25.7 Å². The first-order chi connectivity index (χ1) is 48.1. The highest BCUT2D eigenvalue weighted by Crippen LogP contribution is 2.64. The van der Waals surface area contributed by atoms with Gasteiger partial charge in [-0.05, 0) is 252 Å². The van der Waals surface area contributed by atoms with Crippen molar-refractivity contribution in [3.05, 3.63) is 371 Å². The van der Waals surface area contributed by atoms with Crippen molar-refractivity contribution in [3.63, 3.8) is 0 Å². The van der Waals surface area contributed by atoms with Crippen LogP contribution in [0.3, 0.4) is 0 Å². The molecule has 4 aliphatic carbocycles. The third kappa shape index (κ3) is 7.81. The summed E-state index contributed by atoms with van der Waals surface area (Å²) in [5, 5.41) is 23.1. The molecule has 0 aromatic heterocycles. The third-order valence-corrected chi connectivity index (χ3v) is 22.7. The van der Waals surface area contributed by atoms with Gasteiger partial charge in [0.2, 0.25) is 0 Å². The van der Waals surface area contributed by atoms with E-state index in [1.807, 2.05) is 0 Å². The van der Waals surface area contributed by atoms with Crippen LogP contribution in [0, 0.1) is 0 Å². The Hall–Kier alpha value is -12.0. The molecule has 0 aliphatic heterocycles. The Bertz CT molecular complexity index is 6430. The lowest BCUT2D eigenvalue weighted by molar-refractivity contribution is 0.782. The van der Waals surface area contributed by atoms with Gasteiger partial charge in [0.25, 0.3) is 0 Å². The van der Waals surface area contributed by atoms with E-state index in [1.165, 1.54) is 208 Å². The Morgan fingerprint density at radius 3 is 1.26 bits per heavy atom. The van der Waals surface area contributed by atoms with Gasteiger partial charge in [0.05, 0.1) is 5.41 Å². The Labute approximate surface area is 563 Å². The average molecular weight is 1230 g/mol. The average Bonchev–Trinajstić information content (AvgIpc) is 1.51. The molecule has 0 saturated carbocycles. The van der Waals surface area contributed by atoms with Crippen LogP contribution in [0.5, 0.6) is 0 Å². The molecule has 0 fully saturated rings. The fraction of sp³-hybridized carbons (Fsp3) is 0.0515. The quantitative estimate of drug-likeness (QED) is 0.115. The van der Waals surface area contributed by atoms with Gasteiger partial charge in [-0.2, -0.15) is 0 Å². The summed E-state index contributed by atoms with van der Waals surface area (Å²) in [6, 6.07) is 120. The molecule has 17 aromatic rings. The molecular weight excluding hydrogens is 1170 g/mol. The molecule has 0 N–H and O–H groups in total. The summed E-state index contributed by atoms with van der Waals surface area (Å²) < 4.78 is 0. The maximum Gasteiger partial charge on any atom is 0.0722 e. The fourth-order valence-electron chi connectivity index (χ4n) is 18.7. The van der Waals surface area contributed by atoms with Crippen molar-refractivity contribution < 1.29 is 0 Å². The molecule has 17 aromatic carbocycles. The maximum atomic E-state index is 2.65. The minimum Gasteiger partial charge on any atom is -0.0763 e. The Kier molecular flexibility index (Phi) is 11.8. The van der Waals surface area contributed by atoms with Crippen LogP contribution in [0.4, 0.5) is 0 Å². The molecule has 0 heteroatoms. The SMILES string of the molecule is C1=C(c2c3ccccc3c(C3=c4cc(-c5ccc(-c6c7ccccc7cc7c6ccc6c(-c8cccc9c8ccc8c(-c%10ccccc%10)c%10ccccc%10cc89)cccc67)cc5)ccc4=CCC3)c3ccccc23)CCC2=C1C1(c3ccccc32)c2ccccc2-c2ccccc21.